The van der Waals surface area contributed by atoms with Gasteiger partial charge in [-0.3, -0.25) is 9.69 Å². The van der Waals surface area contributed by atoms with Crippen molar-refractivity contribution < 1.29 is 9.90 Å². The van der Waals surface area contributed by atoms with Crippen LogP contribution in [0.3, 0.4) is 0 Å². The molecular weight excluding hydrogens is 320 g/mol. The number of carbonyl (C=O) groups is 1. The van der Waals surface area contributed by atoms with Gasteiger partial charge < -0.3 is 10.0 Å². The average molecular weight is 349 g/mol. The van der Waals surface area contributed by atoms with Gasteiger partial charge in [0.2, 0.25) is 0 Å². The first-order valence-electron chi connectivity index (χ1n) is 9.45. The van der Waals surface area contributed by atoms with E-state index in [2.05, 4.69) is 4.90 Å². The Hall–Kier alpha value is -0.910. The maximum absolute atomic E-state index is 12.7. The summed E-state index contributed by atoms with van der Waals surface area (Å²) in [5, 5.41) is 13.0. The molecule has 0 spiro atoms. The fourth-order valence-electron chi connectivity index (χ4n) is 4.85. The van der Waals surface area contributed by atoms with Gasteiger partial charge in [0.25, 0.3) is 5.91 Å². The number of carbonyl (C=O) groups excluding carboxylic acids is 1. The zero-order valence-electron chi connectivity index (χ0n) is 14.3. The van der Waals surface area contributed by atoms with Crippen molar-refractivity contribution in [3.05, 3.63) is 22.4 Å². The minimum absolute atomic E-state index is 0.141. The van der Waals surface area contributed by atoms with Crippen LogP contribution in [0.2, 0.25) is 0 Å². The average Bonchev–Trinajstić information content (AvgIpc) is 3.15. The van der Waals surface area contributed by atoms with Gasteiger partial charge in [0.1, 0.15) is 0 Å². The van der Waals surface area contributed by atoms with Gasteiger partial charge in [-0.2, -0.15) is 0 Å². The standard InChI is InChI=1S/C19H28N2O2S/c22-18(17-7-4-12-24-17)21-11-9-19(23)8-10-20(13-15(19)14-21)16-5-2-1-3-6-16/h4,7,12,15-16,23H,1-3,5-6,8-11,13-14H2/t15-,19-/m1/s1. The summed E-state index contributed by atoms with van der Waals surface area (Å²) in [7, 11) is 0. The van der Waals surface area contributed by atoms with Gasteiger partial charge in [0.15, 0.2) is 0 Å². The molecule has 3 aliphatic rings. The Bertz CT molecular complexity index is 570. The van der Waals surface area contributed by atoms with Crippen molar-refractivity contribution in [1.82, 2.24) is 9.80 Å². The Labute approximate surface area is 148 Å². The van der Waals surface area contributed by atoms with Crippen LogP contribution in [0, 0.1) is 5.92 Å². The number of hydrogen-bond donors (Lipinski definition) is 1. The van der Waals surface area contributed by atoms with Gasteiger partial charge in [-0.25, -0.2) is 0 Å². The summed E-state index contributed by atoms with van der Waals surface area (Å²) >= 11 is 1.51. The molecule has 0 radical (unpaired) electrons. The molecule has 1 aromatic heterocycles. The van der Waals surface area contributed by atoms with Crippen LogP contribution in [0.25, 0.3) is 0 Å². The second-order valence-corrected chi connectivity index (χ2v) is 8.76. The predicted molar refractivity (Wildman–Crippen MR) is 96.3 cm³/mol. The van der Waals surface area contributed by atoms with Crippen molar-refractivity contribution in [2.45, 2.75) is 56.6 Å². The number of piperidine rings is 2. The Kier molecular flexibility index (Phi) is 4.67. The van der Waals surface area contributed by atoms with Crippen LogP contribution >= 0.6 is 11.3 Å². The molecule has 1 aromatic rings. The van der Waals surface area contributed by atoms with Gasteiger partial charge in [0, 0.05) is 38.1 Å². The summed E-state index contributed by atoms with van der Waals surface area (Å²) in [4.78, 5) is 18.1. The van der Waals surface area contributed by atoms with E-state index in [9.17, 15) is 9.90 Å². The van der Waals surface area contributed by atoms with E-state index in [1.165, 1.54) is 43.4 Å². The van der Waals surface area contributed by atoms with E-state index in [4.69, 9.17) is 0 Å². The van der Waals surface area contributed by atoms with Gasteiger partial charge in [0.05, 0.1) is 10.5 Å². The minimum Gasteiger partial charge on any atom is -0.389 e. The lowest BCUT2D eigenvalue weighted by Crippen LogP contribution is -2.62. The summed E-state index contributed by atoms with van der Waals surface area (Å²) < 4.78 is 0. The molecule has 4 rings (SSSR count). The lowest BCUT2D eigenvalue weighted by molar-refractivity contribution is -0.115. The lowest BCUT2D eigenvalue weighted by Gasteiger charge is -2.52. The summed E-state index contributed by atoms with van der Waals surface area (Å²) in [6.07, 6.45) is 8.29. The predicted octanol–water partition coefficient (Wildman–Crippen LogP) is 2.98. The van der Waals surface area contributed by atoms with Crippen LogP contribution < -0.4 is 0 Å². The number of nitrogens with zero attached hydrogens (tertiary/aromatic N) is 2. The Morgan fingerprint density at radius 1 is 1.17 bits per heavy atom. The largest absolute Gasteiger partial charge is 0.389 e. The quantitative estimate of drug-likeness (QED) is 0.894. The third-order valence-electron chi connectivity index (χ3n) is 6.41. The van der Waals surface area contributed by atoms with E-state index >= 15 is 0 Å². The summed E-state index contributed by atoms with van der Waals surface area (Å²) in [5.41, 5.74) is -0.558. The summed E-state index contributed by atoms with van der Waals surface area (Å²) in [5.74, 6) is 0.340. The summed E-state index contributed by atoms with van der Waals surface area (Å²) in [6, 6.07) is 4.54. The zero-order valence-corrected chi connectivity index (χ0v) is 15.1. The first-order valence-corrected chi connectivity index (χ1v) is 10.3. The molecular formula is C19H28N2O2S. The fourth-order valence-corrected chi connectivity index (χ4v) is 5.54. The van der Waals surface area contributed by atoms with E-state index < -0.39 is 5.60 Å². The molecule has 2 aliphatic heterocycles. The number of likely N-dealkylation sites (tertiary alicyclic amines) is 2. The molecule has 0 bridgehead atoms. The maximum Gasteiger partial charge on any atom is 0.263 e. The molecule has 4 nitrogen and oxygen atoms in total. The molecule has 2 atom stereocenters. The lowest BCUT2D eigenvalue weighted by atomic mass is 9.75. The van der Waals surface area contributed by atoms with Gasteiger partial charge in [-0.1, -0.05) is 25.3 Å². The molecule has 3 fully saturated rings. The zero-order chi connectivity index (χ0) is 16.6. The van der Waals surface area contributed by atoms with E-state index in [0.29, 0.717) is 19.1 Å². The van der Waals surface area contributed by atoms with E-state index in [-0.39, 0.29) is 11.8 Å². The first kappa shape index (κ1) is 16.6. The van der Waals surface area contributed by atoms with Crippen molar-refractivity contribution in [3.63, 3.8) is 0 Å². The van der Waals surface area contributed by atoms with Crippen molar-refractivity contribution in [2.24, 2.45) is 5.92 Å². The molecule has 1 saturated carbocycles. The number of fused-ring (bicyclic) bond motifs is 1. The van der Waals surface area contributed by atoms with Crippen molar-refractivity contribution in [3.8, 4) is 0 Å². The molecule has 5 heteroatoms. The number of rotatable bonds is 2. The molecule has 3 heterocycles. The van der Waals surface area contributed by atoms with E-state index in [1.54, 1.807) is 0 Å². The SMILES string of the molecule is O=C(c1cccs1)N1CC[C@]2(O)CCN(C3CCCCC3)C[C@@H]2C1. The van der Waals surface area contributed by atoms with E-state index in [0.717, 1.165) is 30.8 Å². The summed E-state index contributed by atoms with van der Waals surface area (Å²) in [6.45, 7) is 3.37. The third kappa shape index (κ3) is 3.14. The Balaban J connectivity index is 1.44. The first-order chi connectivity index (χ1) is 11.7. The maximum atomic E-state index is 12.7. The smallest absolute Gasteiger partial charge is 0.263 e. The van der Waals surface area contributed by atoms with Gasteiger partial charge >= 0.3 is 0 Å². The second kappa shape index (κ2) is 6.77. The number of aliphatic hydroxyl groups is 1. The third-order valence-corrected chi connectivity index (χ3v) is 7.27. The highest BCUT2D eigenvalue weighted by Crippen LogP contribution is 2.38. The van der Waals surface area contributed by atoms with Gasteiger partial charge in [-0.15, -0.1) is 11.3 Å². The van der Waals surface area contributed by atoms with Crippen molar-refractivity contribution in [1.29, 1.82) is 0 Å². The Morgan fingerprint density at radius 2 is 1.96 bits per heavy atom. The fraction of sp³-hybridized carbons (Fsp3) is 0.737. The molecule has 2 saturated heterocycles. The van der Waals surface area contributed by atoms with E-state index in [1.807, 2.05) is 22.4 Å². The van der Waals surface area contributed by atoms with Crippen molar-refractivity contribution in [2.75, 3.05) is 26.2 Å². The van der Waals surface area contributed by atoms with Crippen LogP contribution in [0.4, 0.5) is 0 Å². The highest BCUT2D eigenvalue weighted by Gasteiger charge is 2.46. The topological polar surface area (TPSA) is 43.8 Å². The number of amides is 1. The van der Waals surface area contributed by atoms with Crippen molar-refractivity contribution >= 4 is 17.2 Å². The Morgan fingerprint density at radius 3 is 2.71 bits per heavy atom. The van der Waals surface area contributed by atoms with Gasteiger partial charge in [-0.05, 0) is 37.1 Å². The highest BCUT2D eigenvalue weighted by molar-refractivity contribution is 7.12. The molecule has 0 aromatic carbocycles. The molecule has 132 valence electrons. The monoisotopic (exact) mass is 348 g/mol. The number of hydrogen-bond acceptors (Lipinski definition) is 4. The second-order valence-electron chi connectivity index (χ2n) is 7.82. The van der Waals surface area contributed by atoms with Crippen LogP contribution in [0.15, 0.2) is 17.5 Å². The molecule has 1 amide bonds. The van der Waals surface area contributed by atoms with Crippen LogP contribution in [0.1, 0.15) is 54.6 Å². The van der Waals surface area contributed by atoms with Crippen LogP contribution in [-0.4, -0.2) is 58.6 Å². The normalized spacial score (nSPS) is 32.5. The molecule has 24 heavy (non-hydrogen) atoms. The number of thiophene rings is 1. The highest BCUT2D eigenvalue weighted by atomic mass is 32.1. The van der Waals surface area contributed by atoms with Crippen LogP contribution in [-0.2, 0) is 0 Å². The van der Waals surface area contributed by atoms with Crippen LogP contribution in [0.5, 0.6) is 0 Å². The minimum atomic E-state index is -0.558. The molecule has 1 aliphatic carbocycles. The molecule has 0 unspecified atom stereocenters. The molecule has 1 N–H and O–H groups in total.